The SMILES string of the molecule is CC1CCC(Nc2ccc(F)nc2)CC1. The van der Waals surface area contributed by atoms with E-state index < -0.39 is 5.95 Å². The number of halogens is 1. The summed E-state index contributed by atoms with van der Waals surface area (Å²) in [5, 5.41) is 3.40. The number of nitrogens with zero attached hydrogens (tertiary/aromatic N) is 1. The molecule has 0 unspecified atom stereocenters. The molecule has 1 aromatic heterocycles. The average Bonchev–Trinajstić information content (AvgIpc) is 2.25. The molecule has 1 N–H and O–H groups in total. The first-order valence-electron chi connectivity index (χ1n) is 5.62. The van der Waals surface area contributed by atoms with Crippen LogP contribution in [0.25, 0.3) is 0 Å². The predicted octanol–water partition coefficient (Wildman–Crippen LogP) is 3.21. The maximum Gasteiger partial charge on any atom is 0.212 e. The first kappa shape index (κ1) is 10.4. The third-order valence-electron chi connectivity index (χ3n) is 3.11. The van der Waals surface area contributed by atoms with Crippen LogP contribution < -0.4 is 5.32 Å². The quantitative estimate of drug-likeness (QED) is 0.755. The van der Waals surface area contributed by atoms with E-state index >= 15 is 0 Å². The minimum atomic E-state index is -0.419. The lowest BCUT2D eigenvalue weighted by molar-refractivity contribution is 0.361. The van der Waals surface area contributed by atoms with Gasteiger partial charge in [0.15, 0.2) is 0 Å². The fourth-order valence-corrected chi connectivity index (χ4v) is 2.10. The molecule has 0 aromatic carbocycles. The fourth-order valence-electron chi connectivity index (χ4n) is 2.10. The molecule has 0 spiro atoms. The number of nitrogens with one attached hydrogen (secondary N) is 1. The van der Waals surface area contributed by atoms with E-state index in [1.165, 1.54) is 31.7 Å². The van der Waals surface area contributed by atoms with E-state index in [2.05, 4.69) is 17.2 Å². The van der Waals surface area contributed by atoms with Gasteiger partial charge in [-0.3, -0.25) is 0 Å². The number of rotatable bonds is 2. The lowest BCUT2D eigenvalue weighted by Gasteiger charge is -2.27. The molecule has 15 heavy (non-hydrogen) atoms. The molecule has 1 aliphatic carbocycles. The third kappa shape index (κ3) is 2.91. The number of hydrogen-bond donors (Lipinski definition) is 1. The second-order valence-corrected chi connectivity index (χ2v) is 4.47. The second-order valence-electron chi connectivity index (χ2n) is 4.47. The van der Waals surface area contributed by atoms with Crippen LogP contribution in [-0.4, -0.2) is 11.0 Å². The minimum absolute atomic E-state index is 0.419. The molecule has 1 heterocycles. The van der Waals surface area contributed by atoms with Crippen molar-refractivity contribution >= 4 is 5.69 Å². The van der Waals surface area contributed by atoms with Crippen molar-refractivity contribution < 1.29 is 4.39 Å². The average molecular weight is 208 g/mol. The maximum atomic E-state index is 12.6. The summed E-state index contributed by atoms with van der Waals surface area (Å²) in [5.41, 5.74) is 0.927. The van der Waals surface area contributed by atoms with Crippen molar-refractivity contribution in [1.29, 1.82) is 0 Å². The van der Waals surface area contributed by atoms with E-state index in [1.54, 1.807) is 12.3 Å². The Balaban J connectivity index is 1.89. The molecular formula is C12H17FN2. The topological polar surface area (TPSA) is 24.9 Å². The van der Waals surface area contributed by atoms with Crippen LogP contribution in [0.4, 0.5) is 10.1 Å². The normalized spacial score (nSPS) is 26.3. The summed E-state index contributed by atoms with van der Waals surface area (Å²) in [6, 6.07) is 3.68. The number of aromatic nitrogens is 1. The zero-order valence-corrected chi connectivity index (χ0v) is 9.04. The Labute approximate surface area is 89.9 Å². The highest BCUT2D eigenvalue weighted by atomic mass is 19.1. The van der Waals surface area contributed by atoms with Crippen LogP contribution in [-0.2, 0) is 0 Å². The summed E-state index contributed by atoms with van der Waals surface area (Å²) < 4.78 is 12.6. The summed E-state index contributed by atoms with van der Waals surface area (Å²) in [6.45, 7) is 2.30. The highest BCUT2D eigenvalue weighted by molar-refractivity contribution is 5.40. The zero-order valence-electron chi connectivity index (χ0n) is 9.04. The molecule has 1 aliphatic rings. The monoisotopic (exact) mass is 208 g/mol. The zero-order chi connectivity index (χ0) is 10.7. The van der Waals surface area contributed by atoms with Gasteiger partial charge in [-0.1, -0.05) is 6.92 Å². The van der Waals surface area contributed by atoms with Crippen LogP contribution in [0.5, 0.6) is 0 Å². The van der Waals surface area contributed by atoms with Crippen molar-refractivity contribution in [1.82, 2.24) is 4.98 Å². The summed E-state index contributed by atoms with van der Waals surface area (Å²) in [7, 11) is 0. The first-order chi connectivity index (χ1) is 7.24. The van der Waals surface area contributed by atoms with Gasteiger partial charge in [0.2, 0.25) is 5.95 Å². The molecule has 0 saturated heterocycles. The Bertz CT molecular complexity index is 302. The summed E-state index contributed by atoms with van der Waals surface area (Å²) in [4.78, 5) is 3.63. The van der Waals surface area contributed by atoms with Crippen molar-refractivity contribution in [2.24, 2.45) is 5.92 Å². The van der Waals surface area contributed by atoms with Gasteiger partial charge in [-0.05, 0) is 43.7 Å². The standard InChI is InChI=1S/C12H17FN2/c1-9-2-4-10(5-3-9)15-11-6-7-12(13)14-8-11/h6-10,15H,2-5H2,1H3. The van der Waals surface area contributed by atoms with E-state index in [1.807, 2.05) is 0 Å². The summed E-state index contributed by atoms with van der Waals surface area (Å²) >= 11 is 0. The smallest absolute Gasteiger partial charge is 0.212 e. The molecule has 1 saturated carbocycles. The highest BCUT2D eigenvalue weighted by Gasteiger charge is 2.17. The van der Waals surface area contributed by atoms with Gasteiger partial charge in [-0.2, -0.15) is 4.39 Å². The van der Waals surface area contributed by atoms with Crippen LogP contribution in [0.3, 0.4) is 0 Å². The van der Waals surface area contributed by atoms with Gasteiger partial charge in [0.05, 0.1) is 11.9 Å². The van der Waals surface area contributed by atoms with Gasteiger partial charge < -0.3 is 5.32 Å². The number of hydrogen-bond acceptors (Lipinski definition) is 2. The van der Waals surface area contributed by atoms with Gasteiger partial charge in [-0.15, -0.1) is 0 Å². The van der Waals surface area contributed by atoms with E-state index in [0.717, 1.165) is 11.6 Å². The number of anilines is 1. The van der Waals surface area contributed by atoms with Crippen LogP contribution in [0.15, 0.2) is 18.3 Å². The molecule has 0 atom stereocenters. The molecule has 82 valence electrons. The van der Waals surface area contributed by atoms with Gasteiger partial charge in [0, 0.05) is 6.04 Å². The Morgan fingerprint density at radius 3 is 2.60 bits per heavy atom. The molecule has 3 heteroatoms. The largest absolute Gasteiger partial charge is 0.381 e. The second kappa shape index (κ2) is 4.60. The molecule has 1 fully saturated rings. The van der Waals surface area contributed by atoms with Crippen LogP contribution in [0.2, 0.25) is 0 Å². The van der Waals surface area contributed by atoms with Crippen LogP contribution in [0.1, 0.15) is 32.6 Å². The van der Waals surface area contributed by atoms with E-state index in [-0.39, 0.29) is 0 Å². The molecule has 2 nitrogen and oxygen atoms in total. The predicted molar refractivity (Wildman–Crippen MR) is 59.2 cm³/mol. The molecule has 0 radical (unpaired) electrons. The lowest BCUT2D eigenvalue weighted by Crippen LogP contribution is -2.25. The molecular weight excluding hydrogens is 191 g/mol. The van der Waals surface area contributed by atoms with Crippen LogP contribution >= 0.6 is 0 Å². The summed E-state index contributed by atoms with van der Waals surface area (Å²) in [5.74, 6) is 0.437. The van der Waals surface area contributed by atoms with Gasteiger partial charge in [0.25, 0.3) is 0 Å². The Morgan fingerprint density at radius 2 is 2.00 bits per heavy atom. The molecule has 1 aromatic rings. The van der Waals surface area contributed by atoms with Gasteiger partial charge >= 0.3 is 0 Å². The van der Waals surface area contributed by atoms with Gasteiger partial charge in [-0.25, -0.2) is 4.98 Å². The molecule has 0 amide bonds. The van der Waals surface area contributed by atoms with Crippen molar-refractivity contribution in [3.63, 3.8) is 0 Å². The maximum absolute atomic E-state index is 12.6. The van der Waals surface area contributed by atoms with Crippen molar-refractivity contribution in [3.8, 4) is 0 Å². The summed E-state index contributed by atoms with van der Waals surface area (Å²) in [6.07, 6.45) is 6.54. The van der Waals surface area contributed by atoms with Crippen molar-refractivity contribution in [3.05, 3.63) is 24.3 Å². The first-order valence-corrected chi connectivity index (χ1v) is 5.62. The molecule has 0 aliphatic heterocycles. The fraction of sp³-hybridized carbons (Fsp3) is 0.583. The minimum Gasteiger partial charge on any atom is -0.381 e. The van der Waals surface area contributed by atoms with E-state index in [0.29, 0.717) is 6.04 Å². The third-order valence-corrected chi connectivity index (χ3v) is 3.11. The van der Waals surface area contributed by atoms with E-state index in [9.17, 15) is 4.39 Å². The molecule has 2 rings (SSSR count). The number of pyridine rings is 1. The van der Waals surface area contributed by atoms with Gasteiger partial charge in [0.1, 0.15) is 0 Å². The lowest BCUT2D eigenvalue weighted by atomic mass is 9.87. The van der Waals surface area contributed by atoms with Crippen molar-refractivity contribution in [2.45, 2.75) is 38.6 Å². The van der Waals surface area contributed by atoms with E-state index in [4.69, 9.17) is 0 Å². The molecule has 0 bridgehead atoms. The Morgan fingerprint density at radius 1 is 1.27 bits per heavy atom. The van der Waals surface area contributed by atoms with Crippen molar-refractivity contribution in [2.75, 3.05) is 5.32 Å². The Kier molecular flexibility index (Phi) is 3.19. The highest BCUT2D eigenvalue weighted by Crippen LogP contribution is 2.25. The Hall–Kier alpha value is -1.12. The van der Waals surface area contributed by atoms with Crippen LogP contribution in [0, 0.1) is 11.9 Å².